The third-order valence-electron chi connectivity index (χ3n) is 2.36. The number of anilines is 1. The van der Waals surface area contributed by atoms with Gasteiger partial charge in [-0.3, -0.25) is 4.79 Å². The van der Waals surface area contributed by atoms with Crippen LogP contribution in [-0.2, 0) is 11.0 Å². The van der Waals surface area contributed by atoms with Crippen LogP contribution in [0, 0.1) is 5.92 Å². The van der Waals surface area contributed by atoms with Crippen molar-refractivity contribution in [1.82, 2.24) is 0 Å². The number of aromatic carboxylic acids is 1. The summed E-state index contributed by atoms with van der Waals surface area (Å²) in [6, 6.07) is 2.16. The van der Waals surface area contributed by atoms with Crippen LogP contribution in [0.3, 0.4) is 0 Å². The number of carboxylic acids is 1. The fraction of sp³-hybridized carbons (Fsp3) is 0.333. The van der Waals surface area contributed by atoms with Crippen LogP contribution >= 0.6 is 0 Å². The van der Waals surface area contributed by atoms with E-state index >= 15 is 0 Å². The second-order valence-corrected chi connectivity index (χ2v) is 4.21. The van der Waals surface area contributed by atoms with Crippen molar-refractivity contribution in [1.29, 1.82) is 0 Å². The van der Waals surface area contributed by atoms with Gasteiger partial charge >= 0.3 is 12.1 Å². The van der Waals surface area contributed by atoms with Crippen LogP contribution in [0.5, 0.6) is 0 Å². The molecule has 1 amide bonds. The Bertz CT molecular complexity index is 509. The minimum Gasteiger partial charge on any atom is -0.478 e. The molecule has 1 aromatic carbocycles. The number of nitrogens with one attached hydrogen (secondary N) is 1. The fourth-order valence-corrected chi connectivity index (χ4v) is 1.28. The number of rotatable bonds is 3. The van der Waals surface area contributed by atoms with Crippen LogP contribution < -0.4 is 5.32 Å². The molecule has 0 saturated carbocycles. The van der Waals surface area contributed by atoms with Crippen molar-refractivity contribution in [2.24, 2.45) is 5.92 Å². The third kappa shape index (κ3) is 3.70. The van der Waals surface area contributed by atoms with Crippen LogP contribution in [0.25, 0.3) is 0 Å². The number of alkyl halides is 3. The van der Waals surface area contributed by atoms with Crippen molar-refractivity contribution in [3.8, 4) is 0 Å². The number of carbonyl (C=O) groups excluding carboxylic acids is 1. The highest BCUT2D eigenvalue weighted by Gasteiger charge is 2.32. The smallest absolute Gasteiger partial charge is 0.416 e. The van der Waals surface area contributed by atoms with E-state index in [4.69, 9.17) is 5.11 Å². The quantitative estimate of drug-likeness (QED) is 0.891. The molecule has 0 aliphatic rings. The summed E-state index contributed by atoms with van der Waals surface area (Å²) in [5, 5.41) is 11.2. The lowest BCUT2D eigenvalue weighted by atomic mass is 10.1. The molecule has 19 heavy (non-hydrogen) atoms. The zero-order valence-corrected chi connectivity index (χ0v) is 10.2. The molecule has 0 saturated heterocycles. The minimum absolute atomic E-state index is 0.154. The van der Waals surface area contributed by atoms with Gasteiger partial charge in [-0.25, -0.2) is 4.79 Å². The van der Waals surface area contributed by atoms with E-state index in [1.54, 1.807) is 13.8 Å². The summed E-state index contributed by atoms with van der Waals surface area (Å²) in [6.45, 7) is 3.17. The highest BCUT2D eigenvalue weighted by molar-refractivity contribution is 6.01. The van der Waals surface area contributed by atoms with Gasteiger partial charge in [0.05, 0.1) is 16.8 Å². The number of amides is 1. The Balaban J connectivity index is 3.20. The van der Waals surface area contributed by atoms with Crippen molar-refractivity contribution in [3.63, 3.8) is 0 Å². The summed E-state index contributed by atoms with van der Waals surface area (Å²) in [4.78, 5) is 22.4. The average Bonchev–Trinajstić information content (AvgIpc) is 2.27. The summed E-state index contributed by atoms with van der Waals surface area (Å²) in [5.41, 5.74) is -1.82. The normalized spacial score (nSPS) is 11.5. The van der Waals surface area contributed by atoms with E-state index in [0.29, 0.717) is 6.07 Å². The Labute approximate surface area is 107 Å². The first-order valence-electron chi connectivity index (χ1n) is 5.38. The molecule has 0 spiro atoms. The van der Waals surface area contributed by atoms with E-state index in [1.165, 1.54) is 0 Å². The summed E-state index contributed by atoms with van der Waals surface area (Å²) >= 11 is 0. The number of carbonyl (C=O) groups is 2. The second-order valence-electron chi connectivity index (χ2n) is 4.21. The molecule has 0 atom stereocenters. The molecule has 0 bridgehead atoms. The van der Waals surface area contributed by atoms with Gasteiger partial charge < -0.3 is 10.4 Å². The van der Waals surface area contributed by atoms with Gasteiger partial charge in [-0.05, 0) is 18.2 Å². The Morgan fingerprint density at radius 3 is 2.26 bits per heavy atom. The second kappa shape index (κ2) is 5.29. The van der Waals surface area contributed by atoms with Crippen molar-refractivity contribution in [2.75, 3.05) is 5.32 Å². The Hall–Kier alpha value is -2.05. The van der Waals surface area contributed by atoms with Gasteiger partial charge in [0.15, 0.2) is 0 Å². The molecular weight excluding hydrogens is 263 g/mol. The van der Waals surface area contributed by atoms with Crippen molar-refractivity contribution in [3.05, 3.63) is 29.3 Å². The number of hydrogen-bond acceptors (Lipinski definition) is 2. The Kier molecular flexibility index (Phi) is 4.18. The maximum absolute atomic E-state index is 12.5. The lowest BCUT2D eigenvalue weighted by molar-refractivity contribution is -0.137. The molecule has 0 radical (unpaired) electrons. The number of carboxylic acid groups (broad SMARTS) is 1. The van der Waals surface area contributed by atoms with Gasteiger partial charge in [-0.2, -0.15) is 13.2 Å². The van der Waals surface area contributed by atoms with Gasteiger partial charge in [0.1, 0.15) is 0 Å². The van der Waals surface area contributed by atoms with Gasteiger partial charge in [0, 0.05) is 5.92 Å². The van der Waals surface area contributed by atoms with Crippen molar-refractivity contribution >= 4 is 17.6 Å². The molecule has 4 nitrogen and oxygen atoms in total. The fourth-order valence-electron chi connectivity index (χ4n) is 1.28. The number of halogens is 3. The average molecular weight is 275 g/mol. The number of hydrogen-bond donors (Lipinski definition) is 2. The van der Waals surface area contributed by atoms with Crippen molar-refractivity contribution < 1.29 is 27.9 Å². The Morgan fingerprint density at radius 1 is 1.26 bits per heavy atom. The zero-order valence-electron chi connectivity index (χ0n) is 10.2. The molecule has 0 aliphatic heterocycles. The van der Waals surface area contributed by atoms with Gasteiger partial charge in [0.25, 0.3) is 0 Å². The molecule has 0 unspecified atom stereocenters. The van der Waals surface area contributed by atoms with E-state index in [-0.39, 0.29) is 5.69 Å². The molecule has 7 heteroatoms. The molecular formula is C12H12F3NO3. The van der Waals surface area contributed by atoms with Crippen LogP contribution in [0.4, 0.5) is 18.9 Å². The summed E-state index contributed by atoms with van der Waals surface area (Å²) in [5.74, 6) is -2.42. The largest absolute Gasteiger partial charge is 0.478 e. The zero-order chi connectivity index (χ0) is 14.8. The van der Waals surface area contributed by atoms with Crippen LogP contribution in [-0.4, -0.2) is 17.0 Å². The molecule has 1 rings (SSSR count). The van der Waals surface area contributed by atoms with Gasteiger partial charge in [0.2, 0.25) is 5.91 Å². The lowest BCUT2D eigenvalue weighted by Crippen LogP contribution is -2.20. The van der Waals surface area contributed by atoms with Crippen LogP contribution in [0.2, 0.25) is 0 Å². The minimum atomic E-state index is -4.63. The molecule has 0 heterocycles. The predicted molar refractivity (Wildman–Crippen MR) is 61.9 cm³/mol. The first-order valence-corrected chi connectivity index (χ1v) is 5.38. The molecule has 2 N–H and O–H groups in total. The van der Waals surface area contributed by atoms with E-state index in [2.05, 4.69) is 5.32 Å². The first-order chi connectivity index (χ1) is 8.62. The molecule has 1 aromatic rings. The van der Waals surface area contributed by atoms with E-state index in [0.717, 1.165) is 12.1 Å². The summed E-state index contributed by atoms with van der Waals surface area (Å²) < 4.78 is 37.4. The maximum Gasteiger partial charge on any atom is 0.416 e. The highest BCUT2D eigenvalue weighted by atomic mass is 19.4. The topological polar surface area (TPSA) is 66.4 Å². The molecule has 0 fully saturated rings. The number of benzene rings is 1. The monoisotopic (exact) mass is 275 g/mol. The third-order valence-corrected chi connectivity index (χ3v) is 2.36. The maximum atomic E-state index is 12.5. The predicted octanol–water partition coefficient (Wildman–Crippen LogP) is 3.00. The van der Waals surface area contributed by atoms with Crippen LogP contribution in [0.1, 0.15) is 29.8 Å². The van der Waals surface area contributed by atoms with Crippen molar-refractivity contribution in [2.45, 2.75) is 20.0 Å². The Morgan fingerprint density at radius 2 is 1.84 bits per heavy atom. The molecule has 104 valence electrons. The lowest BCUT2D eigenvalue weighted by Gasteiger charge is -2.13. The highest BCUT2D eigenvalue weighted by Crippen LogP contribution is 2.32. The van der Waals surface area contributed by atoms with Gasteiger partial charge in [-0.15, -0.1) is 0 Å². The molecule has 0 aromatic heterocycles. The van der Waals surface area contributed by atoms with Crippen LogP contribution in [0.15, 0.2) is 18.2 Å². The van der Waals surface area contributed by atoms with E-state index in [9.17, 15) is 22.8 Å². The summed E-state index contributed by atoms with van der Waals surface area (Å²) in [7, 11) is 0. The van der Waals surface area contributed by atoms with Gasteiger partial charge in [-0.1, -0.05) is 13.8 Å². The summed E-state index contributed by atoms with van der Waals surface area (Å²) in [6.07, 6.45) is -4.63. The van der Waals surface area contributed by atoms with E-state index < -0.39 is 35.1 Å². The first kappa shape index (κ1) is 15.0. The molecule has 0 aliphatic carbocycles. The SMILES string of the molecule is CC(C)C(=O)Nc1ccc(C(F)(F)F)cc1C(=O)O. The van der Waals surface area contributed by atoms with E-state index in [1.807, 2.05) is 0 Å². The standard InChI is InChI=1S/C12H12F3NO3/c1-6(2)10(17)16-9-4-3-7(12(13,14)15)5-8(9)11(18)19/h3-6H,1-2H3,(H,16,17)(H,18,19).